The molecule has 0 atom stereocenters. The van der Waals surface area contributed by atoms with E-state index in [1.54, 1.807) is 0 Å². The molecular formula is C14H26N4. The largest absolute Gasteiger partial charge is 0.312 e. The van der Waals surface area contributed by atoms with Gasteiger partial charge < -0.3 is 10.2 Å². The number of hydrogen-bond acceptors (Lipinski definition) is 3. The van der Waals surface area contributed by atoms with Crippen LogP contribution in [-0.4, -0.2) is 40.9 Å². The summed E-state index contributed by atoms with van der Waals surface area (Å²) in [6.07, 6.45) is 7.56. The van der Waals surface area contributed by atoms with Crippen molar-refractivity contribution in [2.24, 2.45) is 7.05 Å². The highest BCUT2D eigenvalue weighted by Crippen LogP contribution is 2.08. The molecule has 4 heteroatoms. The van der Waals surface area contributed by atoms with E-state index in [2.05, 4.69) is 28.4 Å². The van der Waals surface area contributed by atoms with Crippen molar-refractivity contribution in [1.82, 2.24) is 20.0 Å². The number of nitrogens with one attached hydrogen (secondary N) is 1. The Balaban J connectivity index is 1.57. The second-order valence-electron chi connectivity index (χ2n) is 5.35. The van der Waals surface area contributed by atoms with Crippen molar-refractivity contribution in [1.29, 1.82) is 0 Å². The smallest absolute Gasteiger partial charge is 0.0638 e. The molecule has 0 amide bonds. The SMILES string of the molecule is Cc1nn(C)cc1CNCCCN1CCCCC1. The number of aryl methyl sites for hydroxylation is 2. The zero-order valence-corrected chi connectivity index (χ0v) is 11.8. The number of aromatic nitrogens is 2. The molecule has 1 fully saturated rings. The van der Waals surface area contributed by atoms with Crippen LogP contribution in [-0.2, 0) is 13.6 Å². The van der Waals surface area contributed by atoms with E-state index in [0.717, 1.165) is 18.8 Å². The third-order valence-electron chi connectivity index (χ3n) is 3.71. The fraction of sp³-hybridized carbons (Fsp3) is 0.786. The molecule has 0 radical (unpaired) electrons. The average Bonchev–Trinajstić information content (AvgIpc) is 2.69. The molecule has 0 aliphatic carbocycles. The first-order chi connectivity index (χ1) is 8.75. The lowest BCUT2D eigenvalue weighted by Gasteiger charge is -2.26. The second kappa shape index (κ2) is 6.90. The highest BCUT2D eigenvalue weighted by molar-refractivity contribution is 5.14. The Morgan fingerprint density at radius 2 is 2.06 bits per heavy atom. The van der Waals surface area contributed by atoms with Gasteiger partial charge in [0.05, 0.1) is 5.69 Å². The minimum Gasteiger partial charge on any atom is -0.312 e. The lowest BCUT2D eigenvalue weighted by molar-refractivity contribution is 0.225. The maximum absolute atomic E-state index is 4.35. The maximum atomic E-state index is 4.35. The first kappa shape index (κ1) is 13.6. The van der Waals surface area contributed by atoms with E-state index in [4.69, 9.17) is 0 Å². The molecule has 0 aromatic carbocycles. The van der Waals surface area contributed by atoms with Gasteiger partial charge in [-0.05, 0) is 52.4 Å². The van der Waals surface area contributed by atoms with Gasteiger partial charge in [-0.2, -0.15) is 5.10 Å². The van der Waals surface area contributed by atoms with Crippen LogP contribution in [0.15, 0.2) is 6.20 Å². The normalized spacial score (nSPS) is 17.2. The Labute approximate surface area is 110 Å². The summed E-state index contributed by atoms with van der Waals surface area (Å²) in [6.45, 7) is 7.98. The summed E-state index contributed by atoms with van der Waals surface area (Å²) in [7, 11) is 1.98. The summed E-state index contributed by atoms with van der Waals surface area (Å²) in [5.41, 5.74) is 2.46. The standard InChI is InChI=1S/C14H26N4/c1-13-14(12-17(2)16-13)11-15-7-6-10-18-8-4-3-5-9-18/h12,15H,3-11H2,1-2H3. The molecule has 1 saturated heterocycles. The van der Waals surface area contributed by atoms with Gasteiger partial charge in [0.25, 0.3) is 0 Å². The highest BCUT2D eigenvalue weighted by Gasteiger charge is 2.08. The lowest BCUT2D eigenvalue weighted by atomic mass is 10.1. The zero-order chi connectivity index (χ0) is 12.8. The molecule has 0 bridgehead atoms. The first-order valence-corrected chi connectivity index (χ1v) is 7.18. The van der Waals surface area contributed by atoms with Crippen molar-refractivity contribution in [3.8, 4) is 0 Å². The van der Waals surface area contributed by atoms with Crippen LogP contribution in [0.5, 0.6) is 0 Å². The predicted molar refractivity (Wildman–Crippen MR) is 74.6 cm³/mol. The maximum Gasteiger partial charge on any atom is 0.0638 e. The van der Waals surface area contributed by atoms with Crippen molar-refractivity contribution >= 4 is 0 Å². The summed E-state index contributed by atoms with van der Waals surface area (Å²) in [5.74, 6) is 0. The summed E-state index contributed by atoms with van der Waals surface area (Å²) < 4.78 is 1.89. The highest BCUT2D eigenvalue weighted by atomic mass is 15.2. The van der Waals surface area contributed by atoms with Crippen molar-refractivity contribution < 1.29 is 0 Å². The van der Waals surface area contributed by atoms with Gasteiger partial charge in [-0.25, -0.2) is 0 Å². The van der Waals surface area contributed by atoms with Gasteiger partial charge in [0.15, 0.2) is 0 Å². The van der Waals surface area contributed by atoms with E-state index in [0.29, 0.717) is 0 Å². The monoisotopic (exact) mass is 250 g/mol. The van der Waals surface area contributed by atoms with Crippen LogP contribution < -0.4 is 5.32 Å². The van der Waals surface area contributed by atoms with E-state index in [-0.39, 0.29) is 0 Å². The Morgan fingerprint density at radius 1 is 1.28 bits per heavy atom. The van der Waals surface area contributed by atoms with E-state index in [9.17, 15) is 0 Å². The zero-order valence-electron chi connectivity index (χ0n) is 11.8. The van der Waals surface area contributed by atoms with E-state index >= 15 is 0 Å². The molecule has 0 spiro atoms. The third-order valence-corrected chi connectivity index (χ3v) is 3.71. The topological polar surface area (TPSA) is 33.1 Å². The van der Waals surface area contributed by atoms with Gasteiger partial charge in [0.2, 0.25) is 0 Å². The molecule has 0 saturated carbocycles. The van der Waals surface area contributed by atoms with Crippen LogP contribution >= 0.6 is 0 Å². The van der Waals surface area contributed by atoms with Crippen LogP contribution in [0.2, 0.25) is 0 Å². The second-order valence-corrected chi connectivity index (χ2v) is 5.35. The van der Waals surface area contributed by atoms with Crippen LogP contribution in [0.25, 0.3) is 0 Å². The molecule has 18 heavy (non-hydrogen) atoms. The summed E-state index contributed by atoms with van der Waals surface area (Å²) in [5, 5.41) is 7.87. The molecular weight excluding hydrogens is 224 g/mol. The molecule has 1 aliphatic rings. The molecule has 1 aromatic heterocycles. The lowest BCUT2D eigenvalue weighted by Crippen LogP contribution is -2.32. The van der Waals surface area contributed by atoms with E-state index in [1.165, 1.54) is 50.9 Å². The summed E-state index contributed by atoms with van der Waals surface area (Å²) in [6, 6.07) is 0. The fourth-order valence-electron chi connectivity index (χ4n) is 2.66. The summed E-state index contributed by atoms with van der Waals surface area (Å²) >= 11 is 0. The van der Waals surface area contributed by atoms with Gasteiger partial charge in [-0.3, -0.25) is 4.68 Å². The number of rotatable bonds is 6. The molecule has 4 nitrogen and oxygen atoms in total. The number of likely N-dealkylation sites (tertiary alicyclic amines) is 1. The number of nitrogens with zero attached hydrogens (tertiary/aromatic N) is 3. The Morgan fingerprint density at radius 3 is 2.72 bits per heavy atom. The molecule has 1 aromatic rings. The Bertz CT molecular complexity index is 353. The average molecular weight is 250 g/mol. The van der Waals surface area contributed by atoms with Gasteiger partial charge in [-0.15, -0.1) is 0 Å². The third kappa shape index (κ3) is 4.10. The quantitative estimate of drug-likeness (QED) is 0.780. The van der Waals surface area contributed by atoms with Gasteiger partial charge in [0, 0.05) is 25.4 Å². The number of piperidine rings is 1. The van der Waals surface area contributed by atoms with Crippen LogP contribution in [0, 0.1) is 6.92 Å². The summed E-state index contributed by atoms with van der Waals surface area (Å²) in [4.78, 5) is 2.60. The van der Waals surface area contributed by atoms with E-state index in [1.807, 2.05) is 11.7 Å². The molecule has 1 aliphatic heterocycles. The predicted octanol–water partition coefficient (Wildman–Crippen LogP) is 1.69. The Hall–Kier alpha value is -0.870. The van der Waals surface area contributed by atoms with Gasteiger partial charge in [0.1, 0.15) is 0 Å². The molecule has 1 N–H and O–H groups in total. The molecule has 2 rings (SSSR count). The van der Waals surface area contributed by atoms with Crippen LogP contribution in [0.1, 0.15) is 36.9 Å². The minimum atomic E-state index is 0.944. The molecule has 102 valence electrons. The molecule has 2 heterocycles. The van der Waals surface area contributed by atoms with Crippen molar-refractivity contribution in [2.75, 3.05) is 26.2 Å². The van der Waals surface area contributed by atoms with Crippen molar-refractivity contribution in [3.63, 3.8) is 0 Å². The minimum absolute atomic E-state index is 0.944. The van der Waals surface area contributed by atoms with Crippen molar-refractivity contribution in [3.05, 3.63) is 17.5 Å². The first-order valence-electron chi connectivity index (χ1n) is 7.18. The fourth-order valence-corrected chi connectivity index (χ4v) is 2.66. The van der Waals surface area contributed by atoms with Crippen molar-refractivity contribution in [2.45, 2.75) is 39.2 Å². The van der Waals surface area contributed by atoms with Crippen LogP contribution in [0.4, 0.5) is 0 Å². The van der Waals surface area contributed by atoms with Gasteiger partial charge in [-0.1, -0.05) is 6.42 Å². The Kier molecular flexibility index (Phi) is 5.20. The van der Waals surface area contributed by atoms with Gasteiger partial charge >= 0.3 is 0 Å². The molecule has 0 unspecified atom stereocenters. The number of hydrogen-bond donors (Lipinski definition) is 1. The van der Waals surface area contributed by atoms with Crippen LogP contribution in [0.3, 0.4) is 0 Å². The van der Waals surface area contributed by atoms with E-state index < -0.39 is 0 Å².